The third-order valence-corrected chi connectivity index (χ3v) is 2.45. The number of halogens is 1. The van der Waals surface area contributed by atoms with Gasteiger partial charge in [0, 0.05) is 13.0 Å². The van der Waals surface area contributed by atoms with Gasteiger partial charge in [-0.15, -0.1) is 0 Å². The summed E-state index contributed by atoms with van der Waals surface area (Å²) < 4.78 is 18.2. The first-order chi connectivity index (χ1) is 7.70. The van der Waals surface area contributed by atoms with Gasteiger partial charge >= 0.3 is 12.1 Å². The summed E-state index contributed by atoms with van der Waals surface area (Å²) >= 11 is 0. The second-order valence-electron chi connectivity index (χ2n) is 5.15. The van der Waals surface area contributed by atoms with Crippen LogP contribution in [-0.4, -0.2) is 46.4 Å². The Bertz CT molecular complexity index is 313. The molecule has 2 atom stereocenters. The molecular formula is C11H18FNO4. The number of piperidine rings is 1. The maximum atomic E-state index is 13.1. The van der Waals surface area contributed by atoms with E-state index < -0.39 is 29.9 Å². The normalized spacial score (nSPS) is 25.5. The van der Waals surface area contributed by atoms with Crippen molar-refractivity contribution >= 4 is 12.1 Å². The highest BCUT2D eigenvalue weighted by Crippen LogP contribution is 2.22. The first-order valence-corrected chi connectivity index (χ1v) is 5.57. The molecular weight excluding hydrogens is 229 g/mol. The quantitative estimate of drug-likeness (QED) is 0.767. The molecule has 0 aromatic carbocycles. The van der Waals surface area contributed by atoms with E-state index in [1.54, 1.807) is 20.8 Å². The van der Waals surface area contributed by atoms with Crippen LogP contribution in [0.2, 0.25) is 0 Å². The van der Waals surface area contributed by atoms with E-state index in [2.05, 4.69) is 0 Å². The molecule has 1 fully saturated rings. The van der Waals surface area contributed by atoms with Crippen LogP contribution in [0.25, 0.3) is 0 Å². The highest BCUT2D eigenvalue weighted by atomic mass is 19.1. The predicted molar refractivity (Wildman–Crippen MR) is 58.5 cm³/mol. The van der Waals surface area contributed by atoms with Crippen LogP contribution < -0.4 is 0 Å². The van der Waals surface area contributed by atoms with Gasteiger partial charge < -0.3 is 9.84 Å². The number of rotatable bonds is 1. The molecule has 1 saturated heterocycles. The van der Waals surface area contributed by atoms with Gasteiger partial charge in [-0.1, -0.05) is 0 Å². The lowest BCUT2D eigenvalue weighted by Gasteiger charge is -2.35. The van der Waals surface area contributed by atoms with E-state index in [1.807, 2.05) is 0 Å². The molecule has 0 spiro atoms. The number of likely N-dealkylation sites (tertiary alicyclic amines) is 1. The number of alkyl halides is 1. The standard InChI is InChI=1S/C11H18FNO4/c1-11(2,3)17-10(16)13-5-4-7(12)6-8(13)9(14)15/h7-8H,4-6H2,1-3H3,(H,14,15). The molecule has 1 heterocycles. The molecule has 1 aliphatic heterocycles. The Labute approximate surface area is 99.5 Å². The minimum atomic E-state index is -1.20. The van der Waals surface area contributed by atoms with Crippen LogP contribution in [0.1, 0.15) is 33.6 Å². The fraction of sp³-hybridized carbons (Fsp3) is 0.818. The molecule has 0 saturated carbocycles. The summed E-state index contributed by atoms with van der Waals surface area (Å²) in [5, 5.41) is 8.96. The minimum absolute atomic E-state index is 0.0764. The number of nitrogens with zero attached hydrogens (tertiary/aromatic N) is 1. The van der Waals surface area contributed by atoms with Crippen LogP contribution in [0.3, 0.4) is 0 Å². The van der Waals surface area contributed by atoms with Crippen LogP contribution >= 0.6 is 0 Å². The number of carbonyl (C=O) groups excluding carboxylic acids is 1. The van der Waals surface area contributed by atoms with E-state index in [-0.39, 0.29) is 19.4 Å². The van der Waals surface area contributed by atoms with Crippen molar-refractivity contribution in [1.82, 2.24) is 4.90 Å². The summed E-state index contributed by atoms with van der Waals surface area (Å²) in [4.78, 5) is 23.8. The smallest absolute Gasteiger partial charge is 0.411 e. The first kappa shape index (κ1) is 13.7. The molecule has 17 heavy (non-hydrogen) atoms. The molecule has 98 valence electrons. The number of carboxylic acids is 1. The molecule has 6 heteroatoms. The molecule has 0 radical (unpaired) electrons. The maximum absolute atomic E-state index is 13.1. The minimum Gasteiger partial charge on any atom is -0.480 e. The number of ether oxygens (including phenoxy) is 1. The molecule has 1 amide bonds. The Hall–Kier alpha value is -1.33. The van der Waals surface area contributed by atoms with E-state index >= 15 is 0 Å². The highest BCUT2D eigenvalue weighted by Gasteiger charge is 2.38. The van der Waals surface area contributed by atoms with Gasteiger partial charge in [0.05, 0.1) is 0 Å². The number of amides is 1. The van der Waals surface area contributed by atoms with E-state index in [0.29, 0.717) is 0 Å². The molecule has 1 N–H and O–H groups in total. The third kappa shape index (κ3) is 3.87. The molecule has 0 aromatic rings. The Kier molecular flexibility index (Phi) is 3.95. The van der Waals surface area contributed by atoms with Crippen LogP contribution in [-0.2, 0) is 9.53 Å². The van der Waals surface area contributed by atoms with Crippen molar-refractivity contribution in [2.45, 2.75) is 51.4 Å². The Morgan fingerprint density at radius 1 is 1.41 bits per heavy atom. The van der Waals surface area contributed by atoms with Crippen molar-refractivity contribution in [3.05, 3.63) is 0 Å². The third-order valence-electron chi connectivity index (χ3n) is 2.45. The number of aliphatic carboxylic acids is 1. The van der Waals surface area contributed by atoms with Crippen molar-refractivity contribution in [1.29, 1.82) is 0 Å². The van der Waals surface area contributed by atoms with Gasteiger partial charge in [0.15, 0.2) is 0 Å². The molecule has 1 rings (SSSR count). The molecule has 2 unspecified atom stereocenters. The fourth-order valence-corrected chi connectivity index (χ4v) is 1.70. The Morgan fingerprint density at radius 2 is 2.00 bits per heavy atom. The largest absolute Gasteiger partial charge is 0.480 e. The molecule has 0 bridgehead atoms. The highest BCUT2D eigenvalue weighted by molar-refractivity contribution is 5.80. The summed E-state index contributed by atoms with van der Waals surface area (Å²) in [6.45, 7) is 5.17. The van der Waals surface area contributed by atoms with Crippen molar-refractivity contribution in [2.75, 3.05) is 6.54 Å². The van der Waals surface area contributed by atoms with Gasteiger partial charge in [0.1, 0.15) is 17.8 Å². The summed E-state index contributed by atoms with van der Waals surface area (Å²) in [5.41, 5.74) is -0.688. The molecule has 1 aliphatic rings. The second kappa shape index (κ2) is 4.89. The zero-order valence-corrected chi connectivity index (χ0v) is 10.3. The van der Waals surface area contributed by atoms with Crippen LogP contribution in [0.4, 0.5) is 9.18 Å². The van der Waals surface area contributed by atoms with Gasteiger partial charge in [-0.05, 0) is 27.2 Å². The van der Waals surface area contributed by atoms with E-state index in [4.69, 9.17) is 9.84 Å². The summed E-state index contributed by atoms with van der Waals surface area (Å²) in [6.07, 6.45) is -1.89. The predicted octanol–water partition coefficient (Wildman–Crippen LogP) is 1.81. The molecule has 0 aliphatic carbocycles. The lowest BCUT2D eigenvalue weighted by molar-refractivity contribution is -0.145. The molecule has 5 nitrogen and oxygen atoms in total. The zero-order valence-electron chi connectivity index (χ0n) is 10.3. The number of hydrogen-bond donors (Lipinski definition) is 1. The van der Waals surface area contributed by atoms with Crippen molar-refractivity contribution in [2.24, 2.45) is 0 Å². The fourth-order valence-electron chi connectivity index (χ4n) is 1.70. The van der Waals surface area contributed by atoms with Gasteiger partial charge in [-0.25, -0.2) is 14.0 Å². The summed E-state index contributed by atoms with van der Waals surface area (Å²) in [6, 6.07) is -1.13. The van der Waals surface area contributed by atoms with E-state index in [1.165, 1.54) is 0 Å². The lowest BCUT2D eigenvalue weighted by atomic mass is 10.0. The van der Waals surface area contributed by atoms with Crippen LogP contribution in [0.5, 0.6) is 0 Å². The van der Waals surface area contributed by atoms with Crippen molar-refractivity contribution in [3.8, 4) is 0 Å². The average molecular weight is 247 g/mol. The average Bonchev–Trinajstić information content (AvgIpc) is 2.14. The van der Waals surface area contributed by atoms with Gasteiger partial charge in [-0.3, -0.25) is 4.90 Å². The maximum Gasteiger partial charge on any atom is 0.411 e. The van der Waals surface area contributed by atoms with Crippen molar-refractivity contribution in [3.63, 3.8) is 0 Å². The first-order valence-electron chi connectivity index (χ1n) is 5.57. The van der Waals surface area contributed by atoms with E-state index in [9.17, 15) is 14.0 Å². The topological polar surface area (TPSA) is 66.8 Å². The monoisotopic (exact) mass is 247 g/mol. The van der Waals surface area contributed by atoms with Crippen molar-refractivity contribution < 1.29 is 23.8 Å². The Balaban J connectivity index is 2.73. The second-order valence-corrected chi connectivity index (χ2v) is 5.15. The summed E-state index contributed by atoms with van der Waals surface area (Å²) in [5.74, 6) is -1.20. The van der Waals surface area contributed by atoms with Gasteiger partial charge in [0.2, 0.25) is 0 Å². The SMILES string of the molecule is CC(C)(C)OC(=O)N1CCC(F)CC1C(=O)O. The summed E-state index contributed by atoms with van der Waals surface area (Å²) in [7, 11) is 0. The van der Waals surface area contributed by atoms with Crippen LogP contribution in [0.15, 0.2) is 0 Å². The Morgan fingerprint density at radius 3 is 2.47 bits per heavy atom. The molecule has 0 aromatic heterocycles. The number of carbonyl (C=O) groups is 2. The lowest BCUT2D eigenvalue weighted by Crippen LogP contribution is -2.52. The number of hydrogen-bond acceptors (Lipinski definition) is 3. The van der Waals surface area contributed by atoms with Gasteiger partial charge in [-0.2, -0.15) is 0 Å². The zero-order chi connectivity index (χ0) is 13.2. The van der Waals surface area contributed by atoms with Gasteiger partial charge in [0.25, 0.3) is 0 Å². The van der Waals surface area contributed by atoms with Crippen LogP contribution in [0, 0.1) is 0 Å². The van der Waals surface area contributed by atoms with E-state index in [0.717, 1.165) is 4.90 Å². The number of carboxylic acid groups (broad SMARTS) is 1.